The monoisotopic (exact) mass is 292 g/mol. The Balaban J connectivity index is 1.95. The molecule has 0 bridgehead atoms. The van der Waals surface area contributed by atoms with Gasteiger partial charge in [-0.3, -0.25) is 4.72 Å². The van der Waals surface area contributed by atoms with Crippen LogP contribution in [-0.4, -0.2) is 26.8 Å². The molecule has 0 saturated heterocycles. The van der Waals surface area contributed by atoms with Crippen molar-refractivity contribution in [3.63, 3.8) is 0 Å². The zero-order valence-electron chi connectivity index (χ0n) is 9.62. The van der Waals surface area contributed by atoms with Crippen LogP contribution in [0.4, 0.5) is 10.1 Å². The molecule has 0 radical (unpaired) electrons. The molecule has 1 aromatic carbocycles. The number of halogens is 2. The predicted molar refractivity (Wildman–Crippen MR) is 69.8 cm³/mol. The van der Waals surface area contributed by atoms with Gasteiger partial charge in [0.25, 0.3) is 0 Å². The summed E-state index contributed by atoms with van der Waals surface area (Å²) < 4.78 is 39.0. The van der Waals surface area contributed by atoms with Crippen molar-refractivity contribution in [2.75, 3.05) is 17.0 Å². The van der Waals surface area contributed by atoms with Gasteiger partial charge >= 0.3 is 0 Å². The summed E-state index contributed by atoms with van der Waals surface area (Å²) in [6, 6.07) is 4.19. The molecule has 2 rings (SSSR count). The van der Waals surface area contributed by atoms with Gasteiger partial charge in [-0.25, -0.2) is 12.8 Å². The molecule has 4 nitrogen and oxygen atoms in total. The highest BCUT2D eigenvalue weighted by Crippen LogP contribution is 2.21. The van der Waals surface area contributed by atoms with E-state index in [9.17, 15) is 12.8 Å². The van der Waals surface area contributed by atoms with Gasteiger partial charge in [0.05, 0.1) is 11.4 Å². The van der Waals surface area contributed by atoms with E-state index in [1.54, 1.807) is 0 Å². The van der Waals surface area contributed by atoms with Gasteiger partial charge in [0, 0.05) is 17.6 Å². The van der Waals surface area contributed by atoms with E-state index in [0.29, 0.717) is 12.6 Å². The van der Waals surface area contributed by atoms with Crippen LogP contribution >= 0.6 is 11.6 Å². The Kier molecular flexibility index (Phi) is 4.09. The number of sulfonamides is 1. The van der Waals surface area contributed by atoms with Crippen molar-refractivity contribution in [1.29, 1.82) is 0 Å². The van der Waals surface area contributed by atoms with Crippen molar-refractivity contribution in [1.82, 2.24) is 5.32 Å². The third-order valence-electron chi connectivity index (χ3n) is 2.58. The molecule has 1 aliphatic carbocycles. The summed E-state index contributed by atoms with van der Waals surface area (Å²) >= 11 is 5.69. The van der Waals surface area contributed by atoms with Gasteiger partial charge in [-0.15, -0.1) is 0 Å². The molecule has 0 aliphatic heterocycles. The van der Waals surface area contributed by atoms with Crippen LogP contribution < -0.4 is 10.0 Å². The van der Waals surface area contributed by atoms with Crippen LogP contribution in [-0.2, 0) is 10.0 Å². The molecular weight excluding hydrogens is 279 g/mol. The maximum atomic E-state index is 13.4. The first kappa shape index (κ1) is 13.6. The average Bonchev–Trinajstić information content (AvgIpc) is 3.07. The van der Waals surface area contributed by atoms with Gasteiger partial charge in [-0.05, 0) is 31.0 Å². The second-order valence-corrected chi connectivity index (χ2v) is 6.55. The zero-order chi connectivity index (χ0) is 13.2. The second-order valence-electron chi connectivity index (χ2n) is 4.27. The molecule has 1 aromatic rings. The van der Waals surface area contributed by atoms with Crippen LogP contribution in [0.2, 0.25) is 5.02 Å². The summed E-state index contributed by atoms with van der Waals surface area (Å²) in [5.74, 6) is -0.728. The average molecular weight is 293 g/mol. The molecule has 0 atom stereocenters. The predicted octanol–water partition coefficient (Wildman–Crippen LogP) is 1.97. The largest absolute Gasteiger partial charge is 0.313 e. The highest BCUT2D eigenvalue weighted by Gasteiger charge is 2.21. The van der Waals surface area contributed by atoms with Crippen molar-refractivity contribution >= 4 is 27.3 Å². The van der Waals surface area contributed by atoms with Gasteiger partial charge in [-0.1, -0.05) is 11.6 Å². The molecule has 0 aromatic heterocycles. The summed E-state index contributed by atoms with van der Waals surface area (Å²) in [6.45, 7) is 0.363. The summed E-state index contributed by atoms with van der Waals surface area (Å²) in [7, 11) is -3.55. The van der Waals surface area contributed by atoms with E-state index in [0.717, 1.165) is 18.9 Å². The number of hydrogen-bond donors (Lipinski definition) is 2. The summed E-state index contributed by atoms with van der Waals surface area (Å²) in [4.78, 5) is 0. The van der Waals surface area contributed by atoms with Crippen LogP contribution in [0.3, 0.4) is 0 Å². The van der Waals surface area contributed by atoms with Gasteiger partial charge in [-0.2, -0.15) is 0 Å². The zero-order valence-corrected chi connectivity index (χ0v) is 11.2. The fourth-order valence-corrected chi connectivity index (χ4v) is 2.63. The van der Waals surface area contributed by atoms with Gasteiger partial charge < -0.3 is 5.32 Å². The Morgan fingerprint density at radius 1 is 1.39 bits per heavy atom. The number of hydrogen-bond acceptors (Lipinski definition) is 3. The van der Waals surface area contributed by atoms with E-state index < -0.39 is 15.8 Å². The van der Waals surface area contributed by atoms with Crippen molar-refractivity contribution < 1.29 is 12.8 Å². The van der Waals surface area contributed by atoms with E-state index in [4.69, 9.17) is 11.6 Å². The van der Waals surface area contributed by atoms with Crippen molar-refractivity contribution in [2.24, 2.45) is 0 Å². The third kappa shape index (κ3) is 4.12. The summed E-state index contributed by atoms with van der Waals surface area (Å²) in [6.07, 6.45) is 2.19. The topological polar surface area (TPSA) is 58.2 Å². The van der Waals surface area contributed by atoms with Crippen molar-refractivity contribution in [2.45, 2.75) is 18.9 Å². The Hall–Kier alpha value is -0.850. The lowest BCUT2D eigenvalue weighted by Gasteiger charge is -2.09. The minimum absolute atomic E-state index is 0.0878. The number of anilines is 1. The Bertz CT molecular complexity index is 532. The Morgan fingerprint density at radius 2 is 2.11 bits per heavy atom. The molecule has 7 heteroatoms. The van der Waals surface area contributed by atoms with Crippen LogP contribution in [0.25, 0.3) is 0 Å². The standard InChI is InChI=1S/C11H14ClFN2O2S/c12-8-1-4-10(13)11(7-8)15-18(16,17)6-5-14-9-2-3-9/h1,4,7,9,14-15H,2-3,5-6H2. The molecule has 0 spiro atoms. The van der Waals surface area contributed by atoms with Crippen molar-refractivity contribution in [3.05, 3.63) is 29.0 Å². The van der Waals surface area contributed by atoms with Crippen LogP contribution in [0, 0.1) is 5.82 Å². The van der Waals surface area contributed by atoms with Gasteiger partial charge in [0.2, 0.25) is 10.0 Å². The quantitative estimate of drug-likeness (QED) is 0.843. The molecule has 1 aliphatic rings. The minimum Gasteiger partial charge on any atom is -0.313 e. The molecule has 1 fully saturated rings. The third-order valence-corrected chi connectivity index (χ3v) is 4.08. The number of benzene rings is 1. The lowest BCUT2D eigenvalue weighted by atomic mass is 10.3. The molecule has 2 N–H and O–H groups in total. The SMILES string of the molecule is O=S(=O)(CCNC1CC1)Nc1cc(Cl)ccc1F. The van der Waals surface area contributed by atoms with E-state index in [1.807, 2.05) is 0 Å². The Morgan fingerprint density at radius 3 is 2.78 bits per heavy atom. The second kappa shape index (κ2) is 5.42. The Labute approximate surface area is 111 Å². The number of rotatable bonds is 6. The first-order chi connectivity index (χ1) is 8.46. The van der Waals surface area contributed by atoms with E-state index in [2.05, 4.69) is 10.0 Å². The fourth-order valence-electron chi connectivity index (χ4n) is 1.48. The molecule has 0 unspecified atom stereocenters. The summed E-state index contributed by atoms with van der Waals surface area (Å²) in [5.41, 5.74) is -0.117. The van der Waals surface area contributed by atoms with Crippen LogP contribution in [0.15, 0.2) is 18.2 Å². The van der Waals surface area contributed by atoms with E-state index in [1.165, 1.54) is 12.1 Å². The maximum Gasteiger partial charge on any atom is 0.234 e. The lowest BCUT2D eigenvalue weighted by molar-refractivity contribution is 0.593. The highest BCUT2D eigenvalue weighted by atomic mass is 35.5. The normalized spacial score (nSPS) is 15.7. The lowest BCUT2D eigenvalue weighted by Crippen LogP contribution is -2.28. The smallest absolute Gasteiger partial charge is 0.234 e. The van der Waals surface area contributed by atoms with Crippen LogP contribution in [0.5, 0.6) is 0 Å². The molecule has 0 heterocycles. The molecule has 18 heavy (non-hydrogen) atoms. The maximum absolute atomic E-state index is 13.4. The molecule has 0 amide bonds. The number of nitrogens with one attached hydrogen (secondary N) is 2. The highest BCUT2D eigenvalue weighted by molar-refractivity contribution is 7.92. The van der Waals surface area contributed by atoms with E-state index in [-0.39, 0.29) is 16.5 Å². The molecule has 1 saturated carbocycles. The molecule has 100 valence electrons. The van der Waals surface area contributed by atoms with Gasteiger partial charge in [0.1, 0.15) is 5.82 Å². The molecular formula is C11H14ClFN2O2S. The summed E-state index contributed by atoms with van der Waals surface area (Å²) in [5, 5.41) is 3.37. The van der Waals surface area contributed by atoms with E-state index >= 15 is 0 Å². The first-order valence-corrected chi connectivity index (χ1v) is 7.68. The fraction of sp³-hybridized carbons (Fsp3) is 0.455. The van der Waals surface area contributed by atoms with Crippen molar-refractivity contribution in [3.8, 4) is 0 Å². The van der Waals surface area contributed by atoms with Crippen LogP contribution in [0.1, 0.15) is 12.8 Å². The van der Waals surface area contributed by atoms with Gasteiger partial charge in [0.15, 0.2) is 0 Å². The first-order valence-electron chi connectivity index (χ1n) is 5.65. The minimum atomic E-state index is -3.55.